The molecule has 1 aliphatic heterocycles. The van der Waals surface area contributed by atoms with Gasteiger partial charge in [-0.15, -0.1) is 0 Å². The van der Waals surface area contributed by atoms with Crippen molar-refractivity contribution in [3.05, 3.63) is 72.3 Å². The number of nitrogens with zero attached hydrogens (tertiary/aromatic N) is 2. The maximum atomic E-state index is 12.3. The average Bonchev–Trinajstić information content (AvgIpc) is 3.26. The first kappa shape index (κ1) is 24.1. The molecule has 0 spiro atoms. The van der Waals surface area contributed by atoms with Gasteiger partial charge in [-0.2, -0.15) is 18.6 Å². The van der Waals surface area contributed by atoms with Crippen LogP contribution in [0.1, 0.15) is 5.56 Å². The number of benzene rings is 1. The van der Waals surface area contributed by atoms with Gasteiger partial charge in [0.1, 0.15) is 12.2 Å². The van der Waals surface area contributed by atoms with E-state index in [1.165, 1.54) is 0 Å². The number of carbonyl (C=O) groups is 1. The third-order valence-electron chi connectivity index (χ3n) is 5.14. The smallest absolute Gasteiger partial charge is 0.383 e. The number of rotatable bonds is 8. The Hall–Kier alpha value is -4.03. The number of carbonyl (C=O) groups excluding carboxylic acids is 1. The van der Waals surface area contributed by atoms with Crippen LogP contribution in [0.25, 0.3) is 22.6 Å². The lowest BCUT2D eigenvalue weighted by Crippen LogP contribution is -2.93. The SMILES string of the molecule is COCCNC1=CC=C(c2ccn3c(-c4cccc(NC(=O)NCC(F)(F)F)c4)cnc3c2)N[NH2+]1. The van der Waals surface area contributed by atoms with Gasteiger partial charge in [-0.1, -0.05) is 12.1 Å². The zero-order valence-electron chi connectivity index (χ0n) is 18.8. The van der Waals surface area contributed by atoms with Crippen molar-refractivity contribution in [2.45, 2.75) is 6.18 Å². The predicted octanol–water partition coefficient (Wildman–Crippen LogP) is 2.18. The van der Waals surface area contributed by atoms with E-state index in [1.807, 2.05) is 46.4 Å². The van der Waals surface area contributed by atoms with Crippen molar-refractivity contribution in [2.24, 2.45) is 0 Å². The predicted molar refractivity (Wildman–Crippen MR) is 125 cm³/mol. The van der Waals surface area contributed by atoms with Gasteiger partial charge in [-0.3, -0.25) is 4.40 Å². The van der Waals surface area contributed by atoms with Crippen molar-refractivity contribution >= 4 is 23.1 Å². The second-order valence-electron chi connectivity index (χ2n) is 7.70. The molecule has 1 aromatic carbocycles. The van der Waals surface area contributed by atoms with Crippen molar-refractivity contribution in [3.63, 3.8) is 0 Å². The molecule has 3 aromatic rings. The Morgan fingerprint density at radius 1 is 1.20 bits per heavy atom. The van der Waals surface area contributed by atoms with Gasteiger partial charge in [0.2, 0.25) is 5.82 Å². The number of fused-ring (bicyclic) bond motifs is 1. The number of anilines is 1. The van der Waals surface area contributed by atoms with Gasteiger partial charge in [0, 0.05) is 42.7 Å². The number of pyridine rings is 1. The molecular formula is C23H25F3N7O2+. The van der Waals surface area contributed by atoms with Crippen LogP contribution in [0.3, 0.4) is 0 Å². The van der Waals surface area contributed by atoms with Gasteiger partial charge < -0.3 is 20.7 Å². The standard InChI is InChI=1S/C23H24F3N7O2/c1-35-10-8-27-20-6-5-18(31-32-20)15-7-9-33-19(13-28-21(33)12-15)16-3-2-4-17(11-16)30-22(34)29-14-23(24,25)26/h2-7,9,11-13,27,31-32H,8,10,14H2,1H3,(H2,29,30,34)/p+1. The lowest BCUT2D eigenvalue weighted by Gasteiger charge is -2.16. The number of imidazole rings is 1. The van der Waals surface area contributed by atoms with E-state index in [2.05, 4.69) is 21.0 Å². The summed E-state index contributed by atoms with van der Waals surface area (Å²) in [6.07, 6.45) is 3.07. The Balaban J connectivity index is 1.48. The minimum atomic E-state index is -4.48. The molecule has 0 unspecified atom stereocenters. The van der Waals surface area contributed by atoms with E-state index in [-0.39, 0.29) is 0 Å². The highest BCUT2D eigenvalue weighted by atomic mass is 19.4. The molecule has 0 saturated heterocycles. The summed E-state index contributed by atoms with van der Waals surface area (Å²) in [4.78, 5) is 16.3. The molecule has 9 nitrogen and oxygen atoms in total. The van der Waals surface area contributed by atoms with Crippen molar-refractivity contribution in [3.8, 4) is 11.3 Å². The monoisotopic (exact) mass is 488 g/mol. The Kier molecular flexibility index (Phi) is 7.22. The molecule has 2 aromatic heterocycles. The molecule has 0 bridgehead atoms. The topological polar surface area (TPSA) is 108 Å². The second kappa shape index (κ2) is 10.5. The molecule has 1 aliphatic rings. The highest BCUT2D eigenvalue weighted by molar-refractivity contribution is 5.90. The maximum absolute atomic E-state index is 12.3. The van der Waals surface area contributed by atoms with Crippen LogP contribution in [0.5, 0.6) is 0 Å². The van der Waals surface area contributed by atoms with E-state index in [1.54, 1.807) is 36.8 Å². The first-order valence-corrected chi connectivity index (χ1v) is 10.8. The summed E-state index contributed by atoms with van der Waals surface area (Å²) in [7, 11) is 1.66. The Morgan fingerprint density at radius 2 is 2.06 bits per heavy atom. The first-order valence-electron chi connectivity index (χ1n) is 10.8. The van der Waals surface area contributed by atoms with Crippen LogP contribution in [-0.4, -0.2) is 48.4 Å². The van der Waals surface area contributed by atoms with Gasteiger partial charge in [0.15, 0.2) is 0 Å². The zero-order chi connectivity index (χ0) is 24.8. The van der Waals surface area contributed by atoms with Gasteiger partial charge in [-0.05, 0) is 30.3 Å². The van der Waals surface area contributed by atoms with E-state index in [9.17, 15) is 18.0 Å². The summed E-state index contributed by atoms with van der Waals surface area (Å²) < 4.78 is 43.8. The minimum Gasteiger partial charge on any atom is -0.383 e. The molecule has 35 heavy (non-hydrogen) atoms. The number of halogens is 3. The third-order valence-corrected chi connectivity index (χ3v) is 5.14. The molecule has 0 fully saturated rings. The quantitative estimate of drug-likeness (QED) is 0.247. The number of nitrogens with two attached hydrogens (primary N) is 1. The number of methoxy groups -OCH3 is 1. The number of aromatic nitrogens is 2. The molecule has 6 N–H and O–H groups in total. The van der Waals surface area contributed by atoms with E-state index in [4.69, 9.17) is 4.74 Å². The second-order valence-corrected chi connectivity index (χ2v) is 7.70. The summed E-state index contributed by atoms with van der Waals surface area (Å²) in [5.41, 5.74) is 9.63. The number of alkyl halides is 3. The fraction of sp³-hybridized carbons (Fsp3) is 0.217. The van der Waals surface area contributed by atoms with E-state index >= 15 is 0 Å². The van der Waals surface area contributed by atoms with E-state index < -0.39 is 18.8 Å². The largest absolute Gasteiger partial charge is 0.405 e. The Bertz CT molecular complexity index is 1270. The van der Waals surface area contributed by atoms with Crippen molar-refractivity contribution in [1.82, 2.24) is 25.4 Å². The van der Waals surface area contributed by atoms with E-state index in [0.29, 0.717) is 18.8 Å². The third kappa shape index (κ3) is 6.31. The van der Waals surface area contributed by atoms with Gasteiger partial charge >= 0.3 is 12.2 Å². The van der Waals surface area contributed by atoms with E-state index in [0.717, 1.165) is 34.0 Å². The molecule has 3 heterocycles. The molecule has 184 valence electrons. The summed E-state index contributed by atoms with van der Waals surface area (Å²) in [5, 5.41) is 7.46. The average molecular weight is 488 g/mol. The number of hydrogen-bond donors (Lipinski definition) is 5. The number of amides is 2. The normalized spacial score (nSPS) is 13.6. The highest BCUT2D eigenvalue weighted by Crippen LogP contribution is 2.25. The fourth-order valence-electron chi connectivity index (χ4n) is 3.49. The Morgan fingerprint density at radius 3 is 2.80 bits per heavy atom. The van der Waals surface area contributed by atoms with Crippen molar-refractivity contribution < 1.29 is 28.1 Å². The molecule has 2 amide bonds. The Labute approximate surface area is 199 Å². The van der Waals surface area contributed by atoms with Crippen LogP contribution in [0, 0.1) is 0 Å². The number of allylic oxidation sites excluding steroid dienone is 2. The number of quaternary nitrogens is 1. The highest BCUT2D eigenvalue weighted by Gasteiger charge is 2.27. The van der Waals surface area contributed by atoms with Crippen molar-refractivity contribution in [2.75, 3.05) is 32.1 Å². The zero-order valence-corrected chi connectivity index (χ0v) is 18.8. The van der Waals surface area contributed by atoms with Gasteiger partial charge in [0.05, 0.1) is 24.2 Å². The summed E-state index contributed by atoms with van der Waals surface area (Å²) in [5.74, 6) is 0.954. The lowest BCUT2D eigenvalue weighted by molar-refractivity contribution is -0.658. The van der Waals surface area contributed by atoms with Gasteiger partial charge in [-0.25, -0.2) is 15.2 Å². The van der Waals surface area contributed by atoms with Crippen LogP contribution in [0.2, 0.25) is 0 Å². The summed E-state index contributed by atoms with van der Waals surface area (Å²) in [6, 6.07) is 9.78. The molecule has 0 radical (unpaired) electrons. The fourth-order valence-corrected chi connectivity index (χ4v) is 3.49. The van der Waals surface area contributed by atoms with Gasteiger partial charge in [0.25, 0.3) is 0 Å². The molecule has 0 atom stereocenters. The molecule has 4 rings (SSSR count). The molecule has 12 heteroatoms. The number of urea groups is 1. The summed E-state index contributed by atoms with van der Waals surface area (Å²) in [6.45, 7) is -0.0785. The van der Waals surface area contributed by atoms with Crippen LogP contribution in [0.15, 0.2) is 66.8 Å². The number of hydrogen-bond acceptors (Lipinski definition) is 5. The van der Waals surface area contributed by atoms with Crippen molar-refractivity contribution in [1.29, 1.82) is 0 Å². The number of nitrogens with one attached hydrogen (secondary N) is 4. The molecular weight excluding hydrogens is 463 g/mol. The van der Waals surface area contributed by atoms with Crippen LogP contribution in [0.4, 0.5) is 23.7 Å². The minimum absolute atomic E-state index is 0.363. The van der Waals surface area contributed by atoms with Crippen LogP contribution >= 0.6 is 0 Å². The molecule has 0 saturated carbocycles. The van der Waals surface area contributed by atoms with Crippen LogP contribution in [-0.2, 0) is 4.74 Å². The van der Waals surface area contributed by atoms with Crippen LogP contribution < -0.4 is 26.8 Å². The maximum Gasteiger partial charge on any atom is 0.405 e. The number of ether oxygens (including phenoxy) is 1. The summed E-state index contributed by atoms with van der Waals surface area (Å²) >= 11 is 0. The molecule has 0 aliphatic carbocycles. The lowest BCUT2D eigenvalue weighted by atomic mass is 10.1. The first-order chi connectivity index (χ1) is 16.8.